The number of aliphatic hydroxyl groups excluding tert-OH is 2. The molecule has 2 aromatic heterocycles. The molecule has 3 heterocycles. The lowest BCUT2D eigenvalue weighted by molar-refractivity contribution is -0.0705. The maximum absolute atomic E-state index is 11.8. The van der Waals surface area contributed by atoms with Gasteiger partial charge in [-0.15, -0.1) is 0 Å². The van der Waals surface area contributed by atoms with E-state index >= 15 is 0 Å². The van der Waals surface area contributed by atoms with E-state index in [1.54, 1.807) is 0 Å². The number of nitrogen functional groups attached to an aromatic ring is 1. The van der Waals surface area contributed by atoms with Crippen molar-refractivity contribution < 1.29 is 24.4 Å². The van der Waals surface area contributed by atoms with Crippen molar-refractivity contribution in [3.8, 4) is 0 Å². The molecule has 0 aromatic carbocycles. The fourth-order valence-electron chi connectivity index (χ4n) is 2.02. The normalized spacial score (nSPS) is 27.9. The van der Waals surface area contributed by atoms with Gasteiger partial charge in [0.05, 0.1) is 0 Å². The molecule has 2 aromatic rings. The summed E-state index contributed by atoms with van der Waals surface area (Å²) in [6, 6.07) is 0. The Labute approximate surface area is 111 Å². The Bertz CT molecular complexity index is 675. The number of nitrogens with two attached hydrogens (primary N) is 1. The summed E-state index contributed by atoms with van der Waals surface area (Å²) < 4.78 is 18.4. The number of halogens is 1. The SMILES string of the molecule is Nc1ncnc2c1ncn2[C@@H]1OC(=COF)C(O)C1O. The van der Waals surface area contributed by atoms with Gasteiger partial charge in [-0.3, -0.25) is 9.51 Å². The van der Waals surface area contributed by atoms with Gasteiger partial charge in [0.25, 0.3) is 0 Å². The van der Waals surface area contributed by atoms with Gasteiger partial charge in [0.1, 0.15) is 30.4 Å². The minimum Gasteiger partial charge on any atom is -0.465 e. The van der Waals surface area contributed by atoms with Crippen LogP contribution in [0.5, 0.6) is 0 Å². The standard InChI is InChI=1S/C10H10FN5O4/c11-19-1-4-6(17)7(18)10(20-4)16-3-15-5-8(12)13-2-14-9(5)16/h1-3,6-7,10,17-18H,(H2,12,13,14)/t6?,7?,10-/m1/s1. The van der Waals surface area contributed by atoms with E-state index in [0.717, 1.165) is 0 Å². The predicted molar refractivity (Wildman–Crippen MR) is 62.1 cm³/mol. The van der Waals surface area contributed by atoms with Gasteiger partial charge in [0.2, 0.25) is 6.23 Å². The number of aromatic nitrogens is 4. The number of hydrogen-bond acceptors (Lipinski definition) is 8. The number of hydrogen-bond donors (Lipinski definition) is 3. The Morgan fingerprint density at radius 3 is 2.95 bits per heavy atom. The zero-order valence-electron chi connectivity index (χ0n) is 9.92. The first-order valence-corrected chi connectivity index (χ1v) is 5.56. The lowest BCUT2D eigenvalue weighted by atomic mass is 10.2. The van der Waals surface area contributed by atoms with Gasteiger partial charge in [0.15, 0.2) is 23.5 Å². The fraction of sp³-hybridized carbons (Fsp3) is 0.300. The van der Waals surface area contributed by atoms with Crippen LogP contribution in [0.3, 0.4) is 0 Å². The molecule has 1 fully saturated rings. The molecule has 1 saturated heterocycles. The van der Waals surface area contributed by atoms with E-state index in [4.69, 9.17) is 10.5 Å². The Morgan fingerprint density at radius 2 is 2.20 bits per heavy atom. The third-order valence-electron chi connectivity index (χ3n) is 2.99. The molecule has 4 N–H and O–H groups in total. The highest BCUT2D eigenvalue weighted by atomic mass is 19.3. The molecule has 1 aliphatic heterocycles. The van der Waals surface area contributed by atoms with Gasteiger partial charge >= 0.3 is 0 Å². The van der Waals surface area contributed by atoms with Gasteiger partial charge < -0.3 is 20.7 Å². The van der Waals surface area contributed by atoms with Crippen LogP contribution in [0.25, 0.3) is 11.2 Å². The van der Waals surface area contributed by atoms with Crippen LogP contribution >= 0.6 is 0 Å². The van der Waals surface area contributed by atoms with Gasteiger partial charge in [0, 0.05) is 4.53 Å². The van der Waals surface area contributed by atoms with Crippen LogP contribution in [0.1, 0.15) is 6.23 Å². The van der Waals surface area contributed by atoms with Crippen LogP contribution < -0.4 is 5.73 Å². The minimum absolute atomic E-state index is 0.171. The zero-order chi connectivity index (χ0) is 14.3. The summed E-state index contributed by atoms with van der Waals surface area (Å²) >= 11 is 0. The molecule has 3 atom stereocenters. The largest absolute Gasteiger partial charge is 0.465 e. The first-order chi connectivity index (χ1) is 9.63. The molecule has 0 radical (unpaired) electrons. The fourth-order valence-corrected chi connectivity index (χ4v) is 2.02. The van der Waals surface area contributed by atoms with Crippen molar-refractivity contribution in [2.75, 3.05) is 5.73 Å². The topological polar surface area (TPSA) is 129 Å². The van der Waals surface area contributed by atoms with Crippen LogP contribution in [0, 0.1) is 0 Å². The van der Waals surface area contributed by atoms with Gasteiger partial charge in [-0.05, 0) is 0 Å². The van der Waals surface area contributed by atoms with E-state index < -0.39 is 18.4 Å². The molecule has 0 saturated carbocycles. The van der Waals surface area contributed by atoms with Crippen molar-refractivity contribution in [2.45, 2.75) is 18.4 Å². The average Bonchev–Trinajstić information content (AvgIpc) is 2.97. The summed E-state index contributed by atoms with van der Waals surface area (Å²) in [6.07, 6.45) is -0.677. The quantitative estimate of drug-likeness (QED) is 0.623. The van der Waals surface area contributed by atoms with Crippen molar-refractivity contribution in [3.05, 3.63) is 24.7 Å². The maximum atomic E-state index is 11.8. The number of aliphatic hydroxyl groups is 2. The molecule has 0 spiro atoms. The smallest absolute Gasteiger partial charge is 0.207 e. The second-order valence-corrected chi connectivity index (χ2v) is 4.14. The van der Waals surface area contributed by atoms with Gasteiger partial charge in [-0.2, -0.15) is 0 Å². The summed E-state index contributed by atoms with van der Waals surface area (Å²) in [5, 5.41) is 19.6. The molecule has 20 heavy (non-hydrogen) atoms. The van der Waals surface area contributed by atoms with E-state index in [9.17, 15) is 14.7 Å². The zero-order valence-corrected chi connectivity index (χ0v) is 9.92. The van der Waals surface area contributed by atoms with E-state index in [-0.39, 0.29) is 11.6 Å². The Kier molecular flexibility index (Phi) is 2.88. The first kappa shape index (κ1) is 12.6. The van der Waals surface area contributed by atoms with Crippen LogP contribution in [-0.2, 0) is 9.68 Å². The summed E-state index contributed by atoms with van der Waals surface area (Å²) in [5.41, 5.74) is 6.29. The highest BCUT2D eigenvalue weighted by Gasteiger charge is 2.42. The third-order valence-corrected chi connectivity index (χ3v) is 2.99. The Balaban J connectivity index is 2.04. The molecular weight excluding hydrogens is 273 g/mol. The lowest BCUT2D eigenvalue weighted by Gasteiger charge is -2.15. The molecule has 106 valence electrons. The minimum atomic E-state index is -1.42. The summed E-state index contributed by atoms with van der Waals surface area (Å²) in [5.74, 6) is -0.0708. The van der Waals surface area contributed by atoms with Crippen molar-refractivity contribution in [1.82, 2.24) is 19.5 Å². The lowest BCUT2D eigenvalue weighted by Crippen LogP contribution is -2.27. The molecule has 9 nitrogen and oxygen atoms in total. The second-order valence-electron chi connectivity index (χ2n) is 4.14. The van der Waals surface area contributed by atoms with Crippen LogP contribution in [0.4, 0.5) is 10.3 Å². The number of fused-ring (bicyclic) bond motifs is 1. The molecule has 10 heteroatoms. The molecule has 1 aliphatic rings. The Hall–Kier alpha value is -2.46. The maximum Gasteiger partial charge on any atom is 0.207 e. The molecule has 0 aliphatic carbocycles. The van der Waals surface area contributed by atoms with Crippen molar-refractivity contribution in [2.24, 2.45) is 0 Å². The monoisotopic (exact) mass is 283 g/mol. The highest BCUT2D eigenvalue weighted by molar-refractivity contribution is 5.81. The number of anilines is 1. The van der Waals surface area contributed by atoms with Crippen molar-refractivity contribution in [3.63, 3.8) is 0 Å². The van der Waals surface area contributed by atoms with Crippen LogP contribution in [0.2, 0.25) is 0 Å². The average molecular weight is 283 g/mol. The highest BCUT2D eigenvalue weighted by Crippen LogP contribution is 2.33. The van der Waals surface area contributed by atoms with Crippen molar-refractivity contribution >= 4 is 17.0 Å². The molecule has 2 unspecified atom stereocenters. The van der Waals surface area contributed by atoms with E-state index in [1.165, 1.54) is 17.2 Å². The van der Waals surface area contributed by atoms with Crippen LogP contribution in [0.15, 0.2) is 24.7 Å². The Morgan fingerprint density at radius 1 is 1.40 bits per heavy atom. The molecule has 3 rings (SSSR count). The molecule has 0 bridgehead atoms. The summed E-state index contributed by atoms with van der Waals surface area (Å²) in [4.78, 5) is 15.1. The summed E-state index contributed by atoms with van der Waals surface area (Å²) in [7, 11) is 0. The first-order valence-electron chi connectivity index (χ1n) is 5.56. The van der Waals surface area contributed by atoms with Gasteiger partial charge in [-0.25, -0.2) is 15.0 Å². The van der Waals surface area contributed by atoms with E-state index in [1.807, 2.05) is 0 Å². The number of ether oxygens (including phenoxy) is 1. The van der Waals surface area contributed by atoms with Crippen molar-refractivity contribution in [1.29, 1.82) is 0 Å². The molecular formula is C10H10FN5O4. The van der Waals surface area contributed by atoms with Crippen LogP contribution in [-0.4, -0.2) is 41.9 Å². The van der Waals surface area contributed by atoms with Gasteiger partial charge in [-0.1, -0.05) is 0 Å². The number of nitrogens with zero attached hydrogens (tertiary/aromatic N) is 4. The third kappa shape index (κ3) is 1.73. The second kappa shape index (κ2) is 4.58. The number of rotatable bonds is 2. The van der Waals surface area contributed by atoms with E-state index in [0.29, 0.717) is 17.4 Å². The van der Waals surface area contributed by atoms with E-state index in [2.05, 4.69) is 19.9 Å². The molecule has 0 amide bonds. The summed E-state index contributed by atoms with van der Waals surface area (Å²) in [6.45, 7) is 0. The predicted octanol–water partition coefficient (Wildman–Crippen LogP) is -0.598. The number of imidazole rings is 1.